The van der Waals surface area contributed by atoms with E-state index in [4.69, 9.17) is 11.6 Å². The van der Waals surface area contributed by atoms with Crippen molar-refractivity contribution in [2.75, 3.05) is 18.1 Å². The molecule has 0 radical (unpaired) electrons. The van der Waals surface area contributed by atoms with Crippen LogP contribution >= 0.6 is 11.6 Å². The summed E-state index contributed by atoms with van der Waals surface area (Å²) in [4.78, 5) is 15.8. The fourth-order valence-electron chi connectivity index (χ4n) is 2.02. The Morgan fingerprint density at radius 1 is 1.42 bits per heavy atom. The summed E-state index contributed by atoms with van der Waals surface area (Å²) in [5, 5.41) is 3.07. The van der Waals surface area contributed by atoms with Crippen LogP contribution in [-0.4, -0.2) is 37.4 Å². The van der Waals surface area contributed by atoms with Crippen molar-refractivity contribution in [2.24, 2.45) is 5.92 Å². The van der Waals surface area contributed by atoms with Gasteiger partial charge >= 0.3 is 0 Å². The van der Waals surface area contributed by atoms with Gasteiger partial charge in [-0.2, -0.15) is 0 Å². The summed E-state index contributed by atoms with van der Waals surface area (Å²) in [5.41, 5.74) is 0.201. The minimum atomic E-state index is -2.86. The molecule has 2 heterocycles. The van der Waals surface area contributed by atoms with E-state index >= 15 is 0 Å². The average molecular weight is 303 g/mol. The normalized spacial score (nSPS) is 19.0. The maximum atomic E-state index is 11.9. The van der Waals surface area contributed by atoms with Crippen LogP contribution in [0, 0.1) is 5.92 Å². The number of pyridine rings is 1. The second-order valence-electron chi connectivity index (χ2n) is 4.64. The number of hydrogen-bond acceptors (Lipinski definition) is 4. The van der Waals surface area contributed by atoms with Crippen LogP contribution in [0.1, 0.15) is 23.3 Å². The molecule has 19 heavy (non-hydrogen) atoms. The van der Waals surface area contributed by atoms with Crippen molar-refractivity contribution < 1.29 is 13.2 Å². The summed E-state index contributed by atoms with van der Waals surface area (Å²) in [7, 11) is -2.86. The molecule has 104 valence electrons. The quantitative estimate of drug-likeness (QED) is 0.913. The lowest BCUT2D eigenvalue weighted by atomic mass is 10.0. The first-order chi connectivity index (χ1) is 8.98. The summed E-state index contributed by atoms with van der Waals surface area (Å²) in [6.45, 7) is 0.460. The van der Waals surface area contributed by atoms with Crippen LogP contribution in [0.15, 0.2) is 18.3 Å². The lowest BCUT2D eigenvalue weighted by molar-refractivity contribution is 0.0941. The third-order valence-corrected chi connectivity index (χ3v) is 5.22. The molecule has 0 atom stereocenters. The van der Waals surface area contributed by atoms with E-state index in [1.165, 1.54) is 6.20 Å². The standard InChI is InChI=1S/C12H15ClN2O3S/c13-10-2-1-5-14-11(10)12(16)15-8-9-3-6-19(17,18)7-4-9/h1-2,5,9H,3-4,6-8H2,(H,15,16). The molecular formula is C12H15ClN2O3S. The van der Waals surface area contributed by atoms with Gasteiger partial charge in [-0.3, -0.25) is 4.79 Å². The van der Waals surface area contributed by atoms with Gasteiger partial charge in [-0.1, -0.05) is 11.6 Å². The second kappa shape index (κ2) is 5.88. The van der Waals surface area contributed by atoms with Gasteiger partial charge in [0.2, 0.25) is 0 Å². The zero-order chi connectivity index (χ0) is 13.9. The van der Waals surface area contributed by atoms with Gasteiger partial charge in [0.1, 0.15) is 15.5 Å². The Kier molecular flexibility index (Phi) is 4.42. The van der Waals surface area contributed by atoms with Crippen LogP contribution in [0.25, 0.3) is 0 Å². The van der Waals surface area contributed by atoms with Crippen LogP contribution in [-0.2, 0) is 9.84 Å². The number of carbonyl (C=O) groups excluding carboxylic acids is 1. The van der Waals surface area contributed by atoms with Crippen LogP contribution in [0.2, 0.25) is 5.02 Å². The largest absolute Gasteiger partial charge is 0.350 e. The summed E-state index contributed by atoms with van der Waals surface area (Å²) in [6, 6.07) is 3.27. The molecule has 1 aliphatic rings. The highest BCUT2D eigenvalue weighted by molar-refractivity contribution is 7.91. The minimum absolute atomic E-state index is 0.201. The topological polar surface area (TPSA) is 76.1 Å². The van der Waals surface area contributed by atoms with E-state index in [9.17, 15) is 13.2 Å². The van der Waals surface area contributed by atoms with Crippen LogP contribution in [0.3, 0.4) is 0 Å². The molecule has 5 nitrogen and oxygen atoms in total. The number of hydrogen-bond donors (Lipinski definition) is 1. The second-order valence-corrected chi connectivity index (χ2v) is 7.35. The Morgan fingerprint density at radius 3 is 2.74 bits per heavy atom. The first-order valence-corrected chi connectivity index (χ1v) is 8.27. The molecule has 1 aromatic heterocycles. The third kappa shape index (κ3) is 3.91. The van der Waals surface area contributed by atoms with Crippen LogP contribution < -0.4 is 5.32 Å². The van der Waals surface area contributed by atoms with Gasteiger partial charge in [-0.15, -0.1) is 0 Å². The molecule has 1 saturated heterocycles. The molecule has 1 aliphatic heterocycles. The van der Waals surface area contributed by atoms with Gasteiger partial charge in [0, 0.05) is 12.7 Å². The number of halogens is 1. The van der Waals surface area contributed by atoms with Gasteiger partial charge in [0.05, 0.1) is 16.5 Å². The number of amides is 1. The molecule has 0 unspecified atom stereocenters. The SMILES string of the molecule is O=C(NCC1CCS(=O)(=O)CC1)c1ncccc1Cl. The predicted octanol–water partition coefficient (Wildman–Crippen LogP) is 1.29. The zero-order valence-electron chi connectivity index (χ0n) is 10.3. The molecular weight excluding hydrogens is 288 g/mol. The lowest BCUT2D eigenvalue weighted by Gasteiger charge is -2.22. The number of aromatic nitrogens is 1. The summed E-state index contributed by atoms with van der Waals surface area (Å²) in [5.74, 6) is 0.296. The third-order valence-electron chi connectivity index (χ3n) is 3.20. The number of nitrogens with zero attached hydrogens (tertiary/aromatic N) is 1. The smallest absolute Gasteiger partial charge is 0.271 e. The molecule has 0 aliphatic carbocycles. The summed E-state index contributed by atoms with van der Waals surface area (Å²) >= 11 is 5.88. The fourth-order valence-corrected chi connectivity index (χ4v) is 3.81. The van der Waals surface area contributed by atoms with Crippen LogP contribution in [0.5, 0.6) is 0 Å². The van der Waals surface area contributed by atoms with E-state index in [0.29, 0.717) is 24.4 Å². The molecule has 0 aromatic carbocycles. The Morgan fingerprint density at radius 2 is 2.11 bits per heavy atom. The van der Waals surface area contributed by atoms with Gasteiger partial charge in [0.25, 0.3) is 5.91 Å². The molecule has 1 aromatic rings. The van der Waals surface area contributed by atoms with Crippen molar-refractivity contribution >= 4 is 27.3 Å². The molecule has 1 fully saturated rings. The highest BCUT2D eigenvalue weighted by Crippen LogP contribution is 2.18. The maximum Gasteiger partial charge on any atom is 0.271 e. The highest BCUT2D eigenvalue weighted by Gasteiger charge is 2.24. The Balaban J connectivity index is 1.87. The number of nitrogens with one attached hydrogen (secondary N) is 1. The van der Waals surface area contributed by atoms with E-state index in [-0.39, 0.29) is 29.0 Å². The van der Waals surface area contributed by atoms with Gasteiger partial charge in [-0.05, 0) is 30.9 Å². The van der Waals surface area contributed by atoms with E-state index < -0.39 is 9.84 Å². The molecule has 2 rings (SSSR count). The molecule has 0 saturated carbocycles. The number of carbonyl (C=O) groups is 1. The molecule has 7 heteroatoms. The number of rotatable bonds is 3. The summed E-state index contributed by atoms with van der Waals surface area (Å²) < 4.78 is 22.6. The van der Waals surface area contributed by atoms with E-state index in [2.05, 4.69) is 10.3 Å². The highest BCUT2D eigenvalue weighted by atomic mass is 35.5. The van der Waals surface area contributed by atoms with Crippen molar-refractivity contribution in [3.63, 3.8) is 0 Å². The van der Waals surface area contributed by atoms with Gasteiger partial charge in [0.15, 0.2) is 0 Å². The Bertz CT molecular complexity index is 560. The van der Waals surface area contributed by atoms with Gasteiger partial charge < -0.3 is 5.32 Å². The minimum Gasteiger partial charge on any atom is -0.350 e. The van der Waals surface area contributed by atoms with Gasteiger partial charge in [-0.25, -0.2) is 13.4 Å². The first-order valence-electron chi connectivity index (χ1n) is 6.07. The Labute approximate surface area is 117 Å². The molecule has 0 bridgehead atoms. The first kappa shape index (κ1) is 14.3. The van der Waals surface area contributed by atoms with Crippen LogP contribution in [0.4, 0.5) is 0 Å². The molecule has 0 spiro atoms. The van der Waals surface area contributed by atoms with E-state index in [1.54, 1.807) is 12.1 Å². The molecule has 1 N–H and O–H groups in total. The Hall–Kier alpha value is -1.14. The van der Waals surface area contributed by atoms with Crippen molar-refractivity contribution in [1.29, 1.82) is 0 Å². The van der Waals surface area contributed by atoms with Crippen molar-refractivity contribution in [3.8, 4) is 0 Å². The predicted molar refractivity (Wildman–Crippen MR) is 73.0 cm³/mol. The maximum absolute atomic E-state index is 11.9. The summed E-state index contributed by atoms with van der Waals surface area (Å²) in [6.07, 6.45) is 2.70. The lowest BCUT2D eigenvalue weighted by Crippen LogP contribution is -2.34. The molecule has 1 amide bonds. The average Bonchev–Trinajstić information content (AvgIpc) is 2.38. The van der Waals surface area contributed by atoms with Crippen molar-refractivity contribution in [3.05, 3.63) is 29.0 Å². The zero-order valence-corrected chi connectivity index (χ0v) is 11.9. The monoisotopic (exact) mass is 302 g/mol. The van der Waals surface area contributed by atoms with E-state index in [1.807, 2.05) is 0 Å². The fraction of sp³-hybridized carbons (Fsp3) is 0.500. The van der Waals surface area contributed by atoms with Crippen molar-refractivity contribution in [1.82, 2.24) is 10.3 Å². The van der Waals surface area contributed by atoms with Crippen molar-refractivity contribution in [2.45, 2.75) is 12.8 Å². The number of sulfone groups is 1. The van der Waals surface area contributed by atoms with E-state index in [0.717, 1.165) is 0 Å².